The van der Waals surface area contributed by atoms with Crippen molar-refractivity contribution in [2.75, 3.05) is 29.1 Å². The normalized spacial score (nSPS) is 11.2. The molecule has 0 saturated heterocycles. The van der Waals surface area contributed by atoms with Crippen LogP contribution in [0.2, 0.25) is 0 Å². The number of hydrogen-bond donors (Lipinski definition) is 3. The first-order valence-electron chi connectivity index (χ1n) is 9.78. The van der Waals surface area contributed by atoms with Crippen molar-refractivity contribution in [3.63, 3.8) is 0 Å². The summed E-state index contributed by atoms with van der Waals surface area (Å²) in [6.07, 6.45) is 1.46. The number of benzene rings is 3. The zero-order valence-corrected chi connectivity index (χ0v) is 19.0. The molecule has 0 radical (unpaired) electrons. The van der Waals surface area contributed by atoms with Gasteiger partial charge in [0.2, 0.25) is 0 Å². The molecule has 3 aromatic rings. The Morgan fingerprint density at radius 1 is 1.06 bits per heavy atom. The van der Waals surface area contributed by atoms with Crippen molar-refractivity contribution < 1.29 is 23.2 Å². The van der Waals surface area contributed by atoms with Gasteiger partial charge in [0.15, 0.2) is 0 Å². The van der Waals surface area contributed by atoms with Gasteiger partial charge in [-0.3, -0.25) is 20.3 Å². The van der Waals surface area contributed by atoms with E-state index in [1.165, 1.54) is 36.5 Å². The summed E-state index contributed by atoms with van der Waals surface area (Å²) < 4.78 is 28.4. The maximum atomic E-state index is 13.1. The number of hydrazone groups is 1. The van der Waals surface area contributed by atoms with Gasteiger partial charge >= 0.3 is 5.97 Å². The van der Waals surface area contributed by atoms with Gasteiger partial charge in [0.05, 0.1) is 28.1 Å². The lowest BCUT2D eigenvalue weighted by Gasteiger charge is -2.13. The molecule has 0 spiro atoms. The molecular formula is C22H21N5O6S. The minimum atomic E-state index is -4.43. The van der Waals surface area contributed by atoms with Crippen LogP contribution < -0.4 is 15.0 Å². The molecule has 0 atom stereocenters. The van der Waals surface area contributed by atoms with Crippen molar-refractivity contribution in [3.05, 3.63) is 88.0 Å². The van der Waals surface area contributed by atoms with Gasteiger partial charge in [-0.25, -0.2) is 13.2 Å². The fraction of sp³-hybridized carbons (Fsp3) is 0.0909. The topological polar surface area (TPSA) is 154 Å². The van der Waals surface area contributed by atoms with E-state index in [2.05, 4.69) is 15.2 Å². The third-order valence-corrected chi connectivity index (χ3v) is 6.08. The molecule has 3 aromatic carbocycles. The summed E-state index contributed by atoms with van der Waals surface area (Å²) in [5.74, 6) is -1.33. The average molecular weight is 484 g/mol. The molecule has 0 saturated carbocycles. The Kier molecular flexibility index (Phi) is 7.12. The van der Waals surface area contributed by atoms with Crippen molar-refractivity contribution in [1.29, 1.82) is 0 Å². The van der Waals surface area contributed by atoms with E-state index in [9.17, 15) is 28.4 Å². The number of nitrogens with one attached hydrogen (secondary N) is 2. The van der Waals surface area contributed by atoms with Gasteiger partial charge in [0.1, 0.15) is 4.90 Å². The number of nitro benzene ring substituents is 1. The molecule has 0 unspecified atom stereocenters. The van der Waals surface area contributed by atoms with Crippen LogP contribution in [0.3, 0.4) is 0 Å². The number of nitrogens with zero attached hydrogens (tertiary/aromatic N) is 3. The van der Waals surface area contributed by atoms with E-state index >= 15 is 0 Å². The van der Waals surface area contributed by atoms with E-state index in [-0.39, 0.29) is 16.9 Å². The molecule has 12 heteroatoms. The standard InChI is InChI=1S/C22H21N5O6S/c1-26(2)16-9-7-15(8-10-16)14-23-24-20-12-11-17(27(30)31)13-21(20)34(32,33)25-19-6-4-3-5-18(19)22(28)29/h3-14,24-25H,1-2H3,(H,28,29). The molecule has 0 fully saturated rings. The summed E-state index contributed by atoms with van der Waals surface area (Å²) in [6, 6.07) is 16.0. The van der Waals surface area contributed by atoms with Gasteiger partial charge in [-0.05, 0) is 35.9 Å². The van der Waals surface area contributed by atoms with Crippen molar-refractivity contribution in [2.24, 2.45) is 5.10 Å². The van der Waals surface area contributed by atoms with Crippen LogP contribution in [0.15, 0.2) is 76.7 Å². The van der Waals surface area contributed by atoms with Crippen molar-refractivity contribution in [1.82, 2.24) is 0 Å². The Morgan fingerprint density at radius 2 is 1.74 bits per heavy atom. The fourth-order valence-electron chi connectivity index (χ4n) is 2.93. The number of non-ortho nitro benzene ring substituents is 1. The Morgan fingerprint density at radius 3 is 2.35 bits per heavy atom. The third kappa shape index (κ3) is 5.66. The maximum Gasteiger partial charge on any atom is 0.337 e. The molecule has 0 aliphatic carbocycles. The van der Waals surface area contributed by atoms with Crippen LogP contribution in [-0.4, -0.2) is 44.7 Å². The molecule has 0 heterocycles. The molecule has 0 aromatic heterocycles. The second-order valence-corrected chi connectivity index (χ2v) is 8.90. The number of nitro groups is 1. The number of hydrogen-bond acceptors (Lipinski definition) is 8. The summed E-state index contributed by atoms with van der Waals surface area (Å²) in [7, 11) is -0.612. The smallest absolute Gasteiger partial charge is 0.337 e. The van der Waals surface area contributed by atoms with Crippen molar-refractivity contribution in [3.8, 4) is 0 Å². The van der Waals surface area contributed by atoms with E-state index in [1.807, 2.05) is 43.3 Å². The fourth-order valence-corrected chi connectivity index (χ4v) is 4.19. The van der Waals surface area contributed by atoms with Gasteiger partial charge in [-0.1, -0.05) is 24.3 Å². The number of carbonyl (C=O) groups is 1. The molecule has 0 aliphatic heterocycles. The first-order valence-corrected chi connectivity index (χ1v) is 11.3. The first kappa shape index (κ1) is 24.2. The second kappa shape index (κ2) is 10.0. The molecule has 176 valence electrons. The first-order chi connectivity index (χ1) is 16.1. The summed E-state index contributed by atoms with van der Waals surface area (Å²) in [4.78, 5) is 23.4. The summed E-state index contributed by atoms with van der Waals surface area (Å²) >= 11 is 0. The van der Waals surface area contributed by atoms with Crippen LogP contribution in [0.25, 0.3) is 0 Å². The lowest BCUT2D eigenvalue weighted by atomic mass is 10.2. The molecule has 34 heavy (non-hydrogen) atoms. The number of carboxylic acid groups (broad SMARTS) is 1. The number of rotatable bonds is 9. The monoisotopic (exact) mass is 483 g/mol. The Bertz CT molecular complexity index is 1350. The minimum absolute atomic E-state index is 0.0351. The highest BCUT2D eigenvalue weighted by Gasteiger charge is 2.24. The van der Waals surface area contributed by atoms with E-state index in [4.69, 9.17) is 0 Å². The molecule has 0 aliphatic rings. The zero-order valence-electron chi connectivity index (χ0n) is 18.2. The molecular weight excluding hydrogens is 462 g/mol. The van der Waals surface area contributed by atoms with Gasteiger partial charge in [0, 0.05) is 31.9 Å². The number of sulfonamides is 1. The summed E-state index contributed by atoms with van der Waals surface area (Å²) in [5, 5.41) is 24.6. The van der Waals surface area contributed by atoms with Gasteiger partial charge in [0.25, 0.3) is 15.7 Å². The quantitative estimate of drug-likeness (QED) is 0.237. The third-order valence-electron chi connectivity index (χ3n) is 4.68. The molecule has 0 amide bonds. The van der Waals surface area contributed by atoms with Gasteiger partial charge in [-0.2, -0.15) is 5.10 Å². The predicted octanol–water partition coefficient (Wildman–Crippen LogP) is 3.61. The number of para-hydroxylation sites is 1. The van der Waals surface area contributed by atoms with Crippen LogP contribution >= 0.6 is 0 Å². The van der Waals surface area contributed by atoms with Crippen LogP contribution in [0.4, 0.5) is 22.7 Å². The average Bonchev–Trinajstić information content (AvgIpc) is 2.79. The van der Waals surface area contributed by atoms with E-state index < -0.39 is 31.5 Å². The number of aromatic carboxylic acids is 1. The number of anilines is 3. The lowest BCUT2D eigenvalue weighted by Crippen LogP contribution is -2.17. The van der Waals surface area contributed by atoms with E-state index in [0.29, 0.717) is 0 Å². The maximum absolute atomic E-state index is 13.1. The number of carboxylic acids is 1. The second-order valence-electron chi connectivity index (χ2n) is 7.25. The van der Waals surface area contributed by atoms with E-state index in [1.54, 1.807) is 0 Å². The SMILES string of the molecule is CN(C)c1ccc(C=NNc2ccc([N+](=O)[O-])cc2S(=O)(=O)Nc2ccccc2C(=O)O)cc1. The lowest BCUT2D eigenvalue weighted by molar-refractivity contribution is -0.385. The Labute approximate surface area is 195 Å². The zero-order chi connectivity index (χ0) is 24.9. The van der Waals surface area contributed by atoms with Crippen LogP contribution in [0, 0.1) is 10.1 Å². The summed E-state index contributed by atoms with van der Waals surface area (Å²) in [6.45, 7) is 0. The van der Waals surface area contributed by atoms with Crippen LogP contribution in [0.5, 0.6) is 0 Å². The predicted molar refractivity (Wildman–Crippen MR) is 129 cm³/mol. The van der Waals surface area contributed by atoms with Crippen molar-refractivity contribution in [2.45, 2.75) is 4.90 Å². The van der Waals surface area contributed by atoms with Crippen LogP contribution in [0.1, 0.15) is 15.9 Å². The van der Waals surface area contributed by atoms with Crippen molar-refractivity contribution >= 4 is 45.0 Å². The Balaban J connectivity index is 1.94. The van der Waals surface area contributed by atoms with Crippen LogP contribution in [-0.2, 0) is 10.0 Å². The largest absolute Gasteiger partial charge is 0.478 e. The minimum Gasteiger partial charge on any atom is -0.478 e. The highest BCUT2D eigenvalue weighted by Crippen LogP contribution is 2.29. The Hall–Kier alpha value is -4.45. The van der Waals surface area contributed by atoms with E-state index in [0.717, 1.165) is 23.4 Å². The molecule has 0 bridgehead atoms. The highest BCUT2D eigenvalue weighted by atomic mass is 32.2. The molecule has 3 rings (SSSR count). The summed E-state index contributed by atoms with van der Waals surface area (Å²) in [5.41, 5.74) is 3.37. The molecule has 3 N–H and O–H groups in total. The molecule has 11 nitrogen and oxygen atoms in total. The van der Waals surface area contributed by atoms with Gasteiger partial charge in [-0.15, -0.1) is 0 Å². The van der Waals surface area contributed by atoms with Gasteiger partial charge < -0.3 is 10.0 Å². The highest BCUT2D eigenvalue weighted by molar-refractivity contribution is 7.93.